The second-order valence-electron chi connectivity index (χ2n) is 9.47. The molecule has 0 aromatic heterocycles. The summed E-state index contributed by atoms with van der Waals surface area (Å²) in [6.45, 7) is 3.98. The largest absolute Gasteiger partial charge is 0.453 e. The van der Waals surface area contributed by atoms with Gasteiger partial charge in [0.2, 0.25) is 0 Å². The molecule has 1 fully saturated rings. The molecule has 1 atom stereocenters. The number of hydrogen-bond acceptors (Lipinski definition) is 4. The molecule has 3 rings (SSSR count). The second kappa shape index (κ2) is 10.3. The van der Waals surface area contributed by atoms with Gasteiger partial charge in [-0.05, 0) is 57.0 Å². The Morgan fingerprint density at radius 2 is 1.69 bits per heavy atom. The van der Waals surface area contributed by atoms with Gasteiger partial charge in [-0.15, -0.1) is 0 Å². The molecule has 2 aromatic carbocycles. The van der Waals surface area contributed by atoms with E-state index in [1.54, 1.807) is 20.8 Å². The maximum atomic E-state index is 14.8. The quantitative estimate of drug-likeness (QED) is 0.199. The van der Waals surface area contributed by atoms with Crippen molar-refractivity contribution in [1.29, 1.82) is 0 Å². The molecular formula is C24H23Cl3F4N2O3. The molecule has 5 nitrogen and oxygen atoms in total. The summed E-state index contributed by atoms with van der Waals surface area (Å²) in [5.41, 5.74) is -3.01. The number of nitrogens with one attached hydrogen (secondary N) is 1. The first-order valence-corrected chi connectivity index (χ1v) is 11.9. The Labute approximate surface area is 220 Å². The number of halogens is 7. The lowest BCUT2D eigenvalue weighted by atomic mass is 9.79. The van der Waals surface area contributed by atoms with E-state index in [2.05, 4.69) is 5.32 Å². The van der Waals surface area contributed by atoms with Crippen molar-refractivity contribution in [3.8, 4) is 0 Å². The molecule has 0 spiro atoms. The summed E-state index contributed by atoms with van der Waals surface area (Å²) in [5, 5.41) is 2.05. The van der Waals surface area contributed by atoms with Gasteiger partial charge in [-0.1, -0.05) is 40.9 Å². The summed E-state index contributed by atoms with van der Waals surface area (Å²) >= 11 is 17.9. The highest BCUT2D eigenvalue weighted by Crippen LogP contribution is 2.50. The third kappa shape index (κ3) is 6.01. The Hall–Kier alpha value is -2.23. The molecule has 1 heterocycles. The maximum Gasteiger partial charge on any atom is 0.400 e. The number of esters is 1. The fourth-order valence-electron chi connectivity index (χ4n) is 3.94. The summed E-state index contributed by atoms with van der Waals surface area (Å²) < 4.78 is 62.7. The lowest BCUT2D eigenvalue weighted by molar-refractivity contribution is -0.184. The van der Waals surface area contributed by atoms with Crippen LogP contribution in [0.3, 0.4) is 0 Å². The van der Waals surface area contributed by atoms with Crippen LogP contribution in [0.25, 0.3) is 0 Å². The van der Waals surface area contributed by atoms with E-state index in [-0.39, 0.29) is 51.4 Å². The number of carbonyl (C=O) groups excluding carboxylic acids is 2. The first kappa shape index (κ1) is 28.3. The van der Waals surface area contributed by atoms with Crippen molar-refractivity contribution in [3.05, 3.63) is 62.3 Å². The van der Waals surface area contributed by atoms with Crippen LogP contribution in [0.1, 0.15) is 38.3 Å². The fourth-order valence-corrected chi connectivity index (χ4v) is 4.54. The number of anilines is 1. The number of amides is 1. The van der Waals surface area contributed by atoms with Crippen LogP contribution >= 0.6 is 34.8 Å². The van der Waals surface area contributed by atoms with Crippen molar-refractivity contribution >= 4 is 52.4 Å². The van der Waals surface area contributed by atoms with Crippen LogP contribution in [0.2, 0.25) is 15.1 Å². The number of rotatable bonds is 4. The van der Waals surface area contributed by atoms with E-state index in [1.165, 1.54) is 17.0 Å². The third-order valence-corrected chi connectivity index (χ3v) is 6.97. The van der Waals surface area contributed by atoms with Gasteiger partial charge in [-0.2, -0.15) is 13.2 Å². The van der Waals surface area contributed by atoms with Gasteiger partial charge in [0.25, 0.3) is 0 Å². The van der Waals surface area contributed by atoms with Crippen LogP contribution in [0.4, 0.5) is 23.2 Å². The molecule has 0 aliphatic carbocycles. The molecule has 0 radical (unpaired) electrons. The minimum atomic E-state index is -4.65. The standard InChI is InChI=1S/C24H23Cl3F4N2O3/c1-22(2,3)36-21(35)20(34)32-11-13-4-5-15(10-18(13)28)33-7-6-23(12-33,24(29,30)31)14-8-16(25)19(27)17(26)9-14/h4-5,8-10H,6-7,11-12H2,1-3H3,(H,32,34)/t23-/m0/s1. The van der Waals surface area contributed by atoms with E-state index in [4.69, 9.17) is 39.5 Å². The Kier molecular flexibility index (Phi) is 8.08. The average molecular weight is 570 g/mol. The number of carbonyl (C=O) groups is 2. The number of benzene rings is 2. The minimum absolute atomic E-state index is 0.00839. The van der Waals surface area contributed by atoms with Crippen molar-refractivity contribution < 1.29 is 31.9 Å². The Balaban J connectivity index is 1.78. The first-order valence-electron chi connectivity index (χ1n) is 10.8. The van der Waals surface area contributed by atoms with Gasteiger partial charge < -0.3 is 15.0 Å². The predicted octanol–water partition coefficient (Wildman–Crippen LogP) is 6.45. The lowest BCUT2D eigenvalue weighted by Gasteiger charge is -2.33. The molecule has 0 saturated carbocycles. The number of alkyl halides is 3. The Morgan fingerprint density at radius 1 is 1.08 bits per heavy atom. The minimum Gasteiger partial charge on any atom is -0.453 e. The van der Waals surface area contributed by atoms with Gasteiger partial charge in [0, 0.05) is 30.9 Å². The van der Waals surface area contributed by atoms with Crippen molar-refractivity contribution in [3.63, 3.8) is 0 Å². The van der Waals surface area contributed by atoms with Crippen molar-refractivity contribution in [2.24, 2.45) is 0 Å². The summed E-state index contributed by atoms with van der Waals surface area (Å²) in [6, 6.07) is 6.19. The predicted molar refractivity (Wildman–Crippen MR) is 130 cm³/mol. The highest BCUT2D eigenvalue weighted by molar-refractivity contribution is 6.48. The molecule has 36 heavy (non-hydrogen) atoms. The average Bonchev–Trinajstić information content (AvgIpc) is 3.22. The van der Waals surface area contributed by atoms with Crippen LogP contribution in [0.15, 0.2) is 30.3 Å². The summed E-state index contributed by atoms with van der Waals surface area (Å²) in [4.78, 5) is 25.1. The van der Waals surface area contributed by atoms with E-state index in [1.807, 2.05) is 0 Å². The van der Waals surface area contributed by atoms with Crippen LogP contribution in [0.5, 0.6) is 0 Å². The van der Waals surface area contributed by atoms with Crippen molar-refractivity contribution in [2.75, 3.05) is 18.0 Å². The molecular weight excluding hydrogens is 547 g/mol. The molecule has 1 aliphatic heterocycles. The van der Waals surface area contributed by atoms with Gasteiger partial charge in [0.05, 0.1) is 15.1 Å². The van der Waals surface area contributed by atoms with Gasteiger partial charge in [0.1, 0.15) is 16.8 Å². The number of ether oxygens (including phenoxy) is 1. The first-order chi connectivity index (χ1) is 16.5. The van der Waals surface area contributed by atoms with Crippen molar-refractivity contribution in [2.45, 2.75) is 50.9 Å². The van der Waals surface area contributed by atoms with E-state index in [0.717, 1.165) is 18.2 Å². The molecule has 196 valence electrons. The molecule has 12 heteroatoms. The SMILES string of the molecule is CC(C)(C)OC(=O)C(=O)NCc1ccc(N2CC[C@](c3cc(Cl)c(Cl)c(Cl)c3)(C(F)(F)F)C2)cc1F. The van der Waals surface area contributed by atoms with Crippen LogP contribution in [0, 0.1) is 5.82 Å². The molecule has 0 bridgehead atoms. The van der Waals surface area contributed by atoms with Gasteiger partial charge >= 0.3 is 18.1 Å². The van der Waals surface area contributed by atoms with E-state index in [9.17, 15) is 27.2 Å². The monoisotopic (exact) mass is 568 g/mol. The van der Waals surface area contributed by atoms with Crippen LogP contribution in [-0.4, -0.2) is 36.7 Å². The molecule has 2 aromatic rings. The summed E-state index contributed by atoms with van der Waals surface area (Å²) in [5.74, 6) is -2.90. The number of hydrogen-bond donors (Lipinski definition) is 1. The van der Waals surface area contributed by atoms with Gasteiger partial charge in [-0.3, -0.25) is 4.79 Å². The Bertz CT molecular complexity index is 1160. The topological polar surface area (TPSA) is 58.6 Å². The molecule has 0 unspecified atom stereocenters. The summed E-state index contributed by atoms with van der Waals surface area (Å²) in [6.07, 6.45) is -4.95. The number of nitrogens with zero attached hydrogens (tertiary/aromatic N) is 1. The zero-order valence-electron chi connectivity index (χ0n) is 19.5. The fraction of sp³-hybridized carbons (Fsp3) is 0.417. The molecule has 1 saturated heterocycles. The highest BCUT2D eigenvalue weighted by Gasteiger charge is 2.59. The lowest BCUT2D eigenvalue weighted by Crippen LogP contribution is -2.45. The molecule has 1 amide bonds. The van der Waals surface area contributed by atoms with E-state index < -0.39 is 41.4 Å². The zero-order chi connectivity index (χ0) is 27.1. The van der Waals surface area contributed by atoms with E-state index >= 15 is 0 Å². The van der Waals surface area contributed by atoms with Gasteiger partial charge in [-0.25, -0.2) is 9.18 Å². The smallest absolute Gasteiger partial charge is 0.400 e. The van der Waals surface area contributed by atoms with E-state index in [0.29, 0.717) is 0 Å². The maximum absolute atomic E-state index is 14.8. The Morgan fingerprint density at radius 3 is 2.22 bits per heavy atom. The van der Waals surface area contributed by atoms with Crippen LogP contribution < -0.4 is 10.2 Å². The van der Waals surface area contributed by atoms with Gasteiger partial charge in [0.15, 0.2) is 0 Å². The summed E-state index contributed by atoms with van der Waals surface area (Å²) in [7, 11) is 0. The third-order valence-electron chi connectivity index (χ3n) is 5.77. The second-order valence-corrected chi connectivity index (χ2v) is 10.7. The van der Waals surface area contributed by atoms with Crippen molar-refractivity contribution in [1.82, 2.24) is 5.32 Å². The van der Waals surface area contributed by atoms with Crippen LogP contribution in [-0.2, 0) is 26.3 Å². The normalized spacial score (nSPS) is 18.3. The highest BCUT2D eigenvalue weighted by atomic mass is 35.5. The molecule has 1 N–H and O–H groups in total. The zero-order valence-corrected chi connectivity index (χ0v) is 21.8. The molecule has 1 aliphatic rings.